The van der Waals surface area contributed by atoms with Crippen LogP contribution < -0.4 is 9.77 Å². The van der Waals surface area contributed by atoms with E-state index in [1.165, 1.54) is 15.7 Å². The van der Waals surface area contributed by atoms with Crippen molar-refractivity contribution in [2.24, 2.45) is 5.92 Å². The Bertz CT molecular complexity index is 1300. The summed E-state index contributed by atoms with van der Waals surface area (Å²) in [4.78, 5) is 53.5. The molecule has 1 aromatic carbocycles. The van der Waals surface area contributed by atoms with Gasteiger partial charge < -0.3 is 9.15 Å². The Morgan fingerprint density at radius 3 is 2.58 bits per heavy atom. The molecule has 0 radical (unpaired) electrons. The summed E-state index contributed by atoms with van der Waals surface area (Å²) < 4.78 is 12.8. The van der Waals surface area contributed by atoms with Gasteiger partial charge in [-0.25, -0.2) is 4.90 Å². The molecule has 2 aliphatic rings. The number of furan rings is 1. The van der Waals surface area contributed by atoms with Gasteiger partial charge in [0.1, 0.15) is 17.6 Å². The van der Waals surface area contributed by atoms with E-state index in [9.17, 15) is 19.2 Å². The maximum absolute atomic E-state index is 13.6. The summed E-state index contributed by atoms with van der Waals surface area (Å²) in [6, 6.07) is 10.4. The molecule has 4 heterocycles. The minimum Gasteiger partial charge on any atom is -0.469 e. The number of nitrogens with zero attached hydrogens (tertiary/aromatic N) is 2. The number of hydrogen-bond acceptors (Lipinski definition) is 8. The maximum atomic E-state index is 13.6. The first-order chi connectivity index (χ1) is 15.9. The molecule has 2 aliphatic heterocycles. The largest absolute Gasteiger partial charge is 0.469 e. The maximum Gasteiger partial charge on any atom is 0.326 e. The molecule has 2 amide bonds. The lowest BCUT2D eigenvalue weighted by molar-refractivity contribution is -0.144. The summed E-state index contributed by atoms with van der Waals surface area (Å²) in [5.41, 5.74) is 0.480. The van der Waals surface area contributed by atoms with Crippen LogP contribution in [0.15, 0.2) is 61.4 Å². The number of hydrogen-bond donors (Lipinski definition) is 0. The van der Waals surface area contributed by atoms with Gasteiger partial charge in [-0.05, 0) is 43.3 Å². The SMILES string of the molecule is CCOC(=O)Cn1c2c(sc1=O)[C@@H](c1ccco1)[C@@H]1C(=O)N(c3ccc(Br)cc3)C(=O)[C@@H]1S2. The van der Waals surface area contributed by atoms with Gasteiger partial charge in [0, 0.05) is 4.47 Å². The van der Waals surface area contributed by atoms with E-state index in [0.29, 0.717) is 21.4 Å². The van der Waals surface area contributed by atoms with Gasteiger partial charge in [-0.3, -0.25) is 23.7 Å². The third-order valence-electron chi connectivity index (χ3n) is 5.58. The molecule has 3 atom stereocenters. The van der Waals surface area contributed by atoms with Gasteiger partial charge in [-0.1, -0.05) is 39.0 Å². The monoisotopic (exact) mass is 548 g/mol. The van der Waals surface area contributed by atoms with Gasteiger partial charge in [-0.2, -0.15) is 0 Å². The smallest absolute Gasteiger partial charge is 0.326 e. The number of thioether (sulfide) groups is 1. The summed E-state index contributed by atoms with van der Waals surface area (Å²) in [6.07, 6.45) is 1.50. The van der Waals surface area contributed by atoms with Gasteiger partial charge >= 0.3 is 10.8 Å². The minimum absolute atomic E-state index is 0.196. The second kappa shape index (κ2) is 8.62. The first kappa shape index (κ1) is 22.2. The average Bonchev–Trinajstić information content (AvgIpc) is 3.48. The number of aromatic nitrogens is 1. The summed E-state index contributed by atoms with van der Waals surface area (Å²) in [7, 11) is 0. The van der Waals surface area contributed by atoms with Crippen molar-refractivity contribution in [3.05, 3.63) is 67.4 Å². The number of fused-ring (bicyclic) bond motifs is 2. The van der Waals surface area contributed by atoms with Crippen LogP contribution in [0.5, 0.6) is 0 Å². The lowest BCUT2D eigenvalue weighted by Crippen LogP contribution is -2.32. The highest BCUT2D eigenvalue weighted by Crippen LogP contribution is 2.53. The number of anilines is 1. The van der Waals surface area contributed by atoms with Crippen molar-refractivity contribution >= 4 is 62.5 Å². The molecule has 1 saturated heterocycles. The van der Waals surface area contributed by atoms with E-state index < -0.39 is 23.1 Å². The fourth-order valence-corrected chi connectivity index (χ4v) is 7.23. The second-order valence-electron chi connectivity index (χ2n) is 7.47. The highest BCUT2D eigenvalue weighted by molar-refractivity contribution is 9.10. The summed E-state index contributed by atoms with van der Waals surface area (Å²) in [5, 5.41) is -0.259. The number of ether oxygens (including phenoxy) is 1. The highest BCUT2D eigenvalue weighted by Gasteiger charge is 2.57. The molecule has 0 spiro atoms. The molecule has 33 heavy (non-hydrogen) atoms. The number of thiazole rings is 1. The molecular formula is C22H17BrN2O6S2. The number of esters is 1. The van der Waals surface area contributed by atoms with Gasteiger partial charge in [0.2, 0.25) is 11.8 Å². The zero-order chi connectivity index (χ0) is 23.3. The lowest BCUT2D eigenvalue weighted by atomic mass is 9.87. The molecule has 8 nitrogen and oxygen atoms in total. The van der Waals surface area contributed by atoms with Crippen molar-refractivity contribution in [1.29, 1.82) is 0 Å². The van der Waals surface area contributed by atoms with Crippen LogP contribution in [0.25, 0.3) is 0 Å². The Labute approximate surface area is 204 Å². The van der Waals surface area contributed by atoms with E-state index >= 15 is 0 Å². The zero-order valence-electron chi connectivity index (χ0n) is 17.2. The van der Waals surface area contributed by atoms with Crippen molar-refractivity contribution in [2.45, 2.75) is 29.7 Å². The van der Waals surface area contributed by atoms with Crippen molar-refractivity contribution in [3.63, 3.8) is 0 Å². The number of halogens is 1. The molecule has 0 aliphatic carbocycles. The molecule has 5 rings (SSSR count). The summed E-state index contributed by atoms with van der Waals surface area (Å²) >= 11 is 5.48. The fraction of sp³-hybridized carbons (Fsp3) is 0.273. The van der Waals surface area contributed by atoms with Gasteiger partial charge in [0.25, 0.3) is 0 Å². The average molecular weight is 549 g/mol. The standard InChI is InChI=1S/C22H17BrN2O6S2/c1-2-30-14(26)10-24-21-18(33-22(24)29)15(13-4-3-9-31-13)16-17(32-21)20(28)25(19(16)27)12-7-5-11(23)6-8-12/h3-9,15-17H,2,10H2,1H3/t15-,16-,17+/m0/s1. The third-order valence-corrected chi connectivity index (χ3v) is 8.71. The van der Waals surface area contributed by atoms with Crippen LogP contribution >= 0.6 is 39.0 Å². The van der Waals surface area contributed by atoms with E-state index in [1.807, 2.05) is 0 Å². The van der Waals surface area contributed by atoms with E-state index in [4.69, 9.17) is 9.15 Å². The molecule has 170 valence electrons. The molecule has 11 heteroatoms. The second-order valence-corrected chi connectivity index (χ2v) is 10.5. The van der Waals surface area contributed by atoms with Gasteiger partial charge in [0.05, 0.1) is 40.3 Å². The number of carbonyl (C=O) groups is 3. The van der Waals surface area contributed by atoms with Crippen LogP contribution in [0, 0.1) is 5.92 Å². The summed E-state index contributed by atoms with van der Waals surface area (Å²) in [5.74, 6) is -2.10. The van der Waals surface area contributed by atoms with Crippen molar-refractivity contribution < 1.29 is 23.5 Å². The van der Waals surface area contributed by atoms with Gasteiger partial charge in [-0.15, -0.1) is 0 Å². The molecule has 2 aromatic heterocycles. The van der Waals surface area contributed by atoms with Crippen molar-refractivity contribution in [3.8, 4) is 0 Å². The van der Waals surface area contributed by atoms with Crippen LogP contribution in [-0.2, 0) is 25.7 Å². The van der Waals surface area contributed by atoms with Crippen LogP contribution in [-0.4, -0.2) is 34.2 Å². The fourth-order valence-electron chi connectivity index (χ4n) is 4.21. The van der Waals surface area contributed by atoms with E-state index in [1.54, 1.807) is 43.3 Å². The normalized spacial score (nSPS) is 21.8. The quantitative estimate of drug-likeness (QED) is 0.354. The third kappa shape index (κ3) is 3.68. The van der Waals surface area contributed by atoms with E-state index in [2.05, 4.69) is 15.9 Å². The minimum atomic E-state index is -0.758. The Hall–Kier alpha value is -2.63. The van der Waals surface area contributed by atoms with Crippen molar-refractivity contribution in [2.75, 3.05) is 11.5 Å². The molecular weight excluding hydrogens is 532 g/mol. The number of imide groups is 1. The molecule has 3 aromatic rings. The van der Waals surface area contributed by atoms with Crippen LogP contribution in [0.1, 0.15) is 23.5 Å². The Kier molecular flexibility index (Phi) is 5.79. The highest BCUT2D eigenvalue weighted by atomic mass is 79.9. The van der Waals surface area contributed by atoms with Gasteiger partial charge in [0.15, 0.2) is 0 Å². The predicted octanol–water partition coefficient (Wildman–Crippen LogP) is 3.62. The molecule has 1 fully saturated rings. The predicted molar refractivity (Wildman–Crippen MR) is 126 cm³/mol. The van der Waals surface area contributed by atoms with Crippen LogP contribution in [0.2, 0.25) is 0 Å². The Balaban J connectivity index is 1.61. The molecule has 0 saturated carbocycles. The van der Waals surface area contributed by atoms with E-state index in [-0.39, 0.29) is 29.8 Å². The first-order valence-corrected chi connectivity index (χ1v) is 12.6. The topological polar surface area (TPSA) is 98.8 Å². The molecule has 0 unspecified atom stereocenters. The number of rotatable bonds is 5. The number of amides is 2. The first-order valence-electron chi connectivity index (χ1n) is 10.1. The Morgan fingerprint density at radius 1 is 1.15 bits per heavy atom. The lowest BCUT2D eigenvalue weighted by Gasteiger charge is -2.28. The molecule has 0 N–H and O–H groups in total. The van der Waals surface area contributed by atoms with Crippen molar-refractivity contribution in [1.82, 2.24) is 4.57 Å². The zero-order valence-corrected chi connectivity index (χ0v) is 20.4. The molecule has 0 bridgehead atoms. The van der Waals surface area contributed by atoms with Crippen LogP contribution in [0.4, 0.5) is 5.69 Å². The van der Waals surface area contributed by atoms with Crippen LogP contribution in [0.3, 0.4) is 0 Å². The summed E-state index contributed by atoms with van der Waals surface area (Å²) in [6.45, 7) is 1.63. The Morgan fingerprint density at radius 2 is 1.91 bits per heavy atom. The number of benzene rings is 1. The number of carbonyl (C=O) groups excluding carboxylic acids is 3. The van der Waals surface area contributed by atoms with E-state index in [0.717, 1.165) is 27.6 Å².